The molecular formula is C20H18N2O. The van der Waals surface area contributed by atoms with Crippen molar-refractivity contribution >= 4 is 5.57 Å². The second kappa shape index (κ2) is 5.13. The van der Waals surface area contributed by atoms with Gasteiger partial charge in [0.15, 0.2) is 5.76 Å². The second-order valence-electron chi connectivity index (χ2n) is 6.46. The molecule has 1 aliphatic carbocycles. The molecule has 2 aromatic heterocycles. The van der Waals surface area contributed by atoms with Gasteiger partial charge in [0, 0.05) is 34.5 Å². The number of nitrogens with one attached hydrogen (secondary N) is 1. The molecule has 0 atom stereocenters. The van der Waals surface area contributed by atoms with Crippen LogP contribution in [-0.4, -0.2) is 10.1 Å². The molecule has 0 aliphatic heterocycles. The lowest BCUT2D eigenvalue weighted by Gasteiger charge is -2.09. The first-order valence-electron chi connectivity index (χ1n) is 7.75. The zero-order valence-electron chi connectivity index (χ0n) is 13.2. The minimum atomic E-state index is 0.0522. The highest BCUT2D eigenvalue weighted by Crippen LogP contribution is 2.41. The Balaban J connectivity index is 1.92. The van der Waals surface area contributed by atoms with E-state index in [1.54, 1.807) is 0 Å². The highest BCUT2D eigenvalue weighted by atomic mass is 16.5. The van der Waals surface area contributed by atoms with Gasteiger partial charge in [0.2, 0.25) is 0 Å². The summed E-state index contributed by atoms with van der Waals surface area (Å²) in [4.78, 5) is 3.12. The van der Waals surface area contributed by atoms with Crippen molar-refractivity contribution in [3.63, 3.8) is 0 Å². The highest BCUT2D eigenvalue weighted by molar-refractivity contribution is 5.91. The number of hydrogen-bond donors (Lipinski definition) is 1. The van der Waals surface area contributed by atoms with Crippen LogP contribution in [0.15, 0.2) is 71.5 Å². The summed E-state index contributed by atoms with van der Waals surface area (Å²) in [5.74, 6) is 0.805. The molecule has 3 nitrogen and oxygen atoms in total. The standard InChI is InChI=1S/C20H18N2O/c1-20(2)10-8-15(12-20)18-17(16-9-11-21-13-16)19(23-22-18)14-6-4-3-5-7-14/h3-13,21H,1-2H3. The first-order chi connectivity index (χ1) is 11.1. The Kier molecular flexibility index (Phi) is 3.08. The van der Waals surface area contributed by atoms with Crippen LogP contribution in [0.2, 0.25) is 0 Å². The average molecular weight is 302 g/mol. The van der Waals surface area contributed by atoms with Gasteiger partial charge in [-0.25, -0.2) is 0 Å². The summed E-state index contributed by atoms with van der Waals surface area (Å²) in [7, 11) is 0. The van der Waals surface area contributed by atoms with Gasteiger partial charge in [0.05, 0.1) is 5.56 Å². The molecule has 0 spiro atoms. The Bertz CT molecular complexity index is 881. The van der Waals surface area contributed by atoms with Crippen LogP contribution in [0.3, 0.4) is 0 Å². The van der Waals surface area contributed by atoms with Crippen molar-refractivity contribution < 1.29 is 4.52 Å². The highest BCUT2D eigenvalue weighted by Gasteiger charge is 2.25. The number of nitrogens with zero attached hydrogens (tertiary/aromatic N) is 1. The van der Waals surface area contributed by atoms with E-state index in [0.717, 1.165) is 33.7 Å². The fourth-order valence-electron chi connectivity index (χ4n) is 2.97. The van der Waals surface area contributed by atoms with E-state index in [1.165, 1.54) is 0 Å². The van der Waals surface area contributed by atoms with E-state index < -0.39 is 0 Å². The third kappa shape index (κ3) is 2.44. The molecule has 1 aromatic carbocycles. The van der Waals surface area contributed by atoms with Gasteiger partial charge in [-0.1, -0.05) is 67.6 Å². The third-order valence-corrected chi connectivity index (χ3v) is 4.11. The van der Waals surface area contributed by atoms with Crippen molar-refractivity contribution in [2.24, 2.45) is 5.41 Å². The van der Waals surface area contributed by atoms with Crippen LogP contribution >= 0.6 is 0 Å². The summed E-state index contributed by atoms with van der Waals surface area (Å²) >= 11 is 0. The van der Waals surface area contributed by atoms with Crippen LogP contribution < -0.4 is 0 Å². The van der Waals surface area contributed by atoms with Crippen molar-refractivity contribution in [2.75, 3.05) is 0 Å². The summed E-state index contributed by atoms with van der Waals surface area (Å²) in [5.41, 5.74) is 5.20. The van der Waals surface area contributed by atoms with Crippen LogP contribution in [0.4, 0.5) is 0 Å². The van der Waals surface area contributed by atoms with Crippen molar-refractivity contribution in [3.8, 4) is 22.5 Å². The summed E-state index contributed by atoms with van der Waals surface area (Å²) < 4.78 is 5.75. The van der Waals surface area contributed by atoms with E-state index in [4.69, 9.17) is 4.52 Å². The molecule has 23 heavy (non-hydrogen) atoms. The van der Waals surface area contributed by atoms with Crippen molar-refractivity contribution in [3.05, 3.63) is 72.7 Å². The molecular weight excluding hydrogens is 284 g/mol. The summed E-state index contributed by atoms with van der Waals surface area (Å²) in [5, 5.41) is 4.39. The molecule has 0 bridgehead atoms. The summed E-state index contributed by atoms with van der Waals surface area (Å²) in [6.07, 6.45) is 10.5. The van der Waals surface area contributed by atoms with Crippen molar-refractivity contribution in [1.82, 2.24) is 10.1 Å². The molecule has 0 saturated heterocycles. The summed E-state index contributed by atoms with van der Waals surface area (Å²) in [6.45, 7) is 4.37. The Hall–Kier alpha value is -2.81. The van der Waals surface area contributed by atoms with Crippen LogP contribution in [0.5, 0.6) is 0 Å². The number of allylic oxidation sites excluding steroid dienone is 4. The maximum atomic E-state index is 5.75. The second-order valence-corrected chi connectivity index (χ2v) is 6.46. The van der Waals surface area contributed by atoms with Gasteiger partial charge < -0.3 is 9.51 Å². The third-order valence-electron chi connectivity index (χ3n) is 4.11. The smallest absolute Gasteiger partial charge is 0.175 e. The van der Waals surface area contributed by atoms with E-state index in [0.29, 0.717) is 0 Å². The SMILES string of the molecule is CC1(C)C=CC(c2noc(-c3ccccc3)c2-c2cc[nH]c2)=C1. The van der Waals surface area contributed by atoms with E-state index in [2.05, 4.69) is 42.2 Å². The van der Waals surface area contributed by atoms with Gasteiger partial charge in [0.1, 0.15) is 5.69 Å². The fraction of sp³-hybridized carbons (Fsp3) is 0.150. The van der Waals surface area contributed by atoms with Crippen LogP contribution in [-0.2, 0) is 0 Å². The molecule has 1 N–H and O–H groups in total. The minimum absolute atomic E-state index is 0.0522. The lowest BCUT2D eigenvalue weighted by atomic mass is 9.94. The average Bonchev–Trinajstić information content (AvgIpc) is 3.25. The van der Waals surface area contributed by atoms with Gasteiger partial charge in [-0.2, -0.15) is 0 Å². The molecule has 114 valence electrons. The normalized spacial score (nSPS) is 15.8. The van der Waals surface area contributed by atoms with Crippen LogP contribution in [0.25, 0.3) is 28.0 Å². The van der Waals surface area contributed by atoms with E-state index in [9.17, 15) is 0 Å². The number of aromatic nitrogens is 2. The molecule has 3 aromatic rings. The molecule has 4 rings (SSSR count). The molecule has 2 heterocycles. The van der Waals surface area contributed by atoms with Gasteiger partial charge in [-0.05, 0) is 6.07 Å². The Morgan fingerprint density at radius 3 is 2.52 bits per heavy atom. The zero-order chi connectivity index (χ0) is 15.9. The monoisotopic (exact) mass is 302 g/mol. The van der Waals surface area contributed by atoms with Gasteiger partial charge in [-0.15, -0.1) is 0 Å². The maximum Gasteiger partial charge on any atom is 0.175 e. The lowest BCUT2D eigenvalue weighted by molar-refractivity contribution is 0.430. The Labute approximate surface area is 135 Å². The fourth-order valence-corrected chi connectivity index (χ4v) is 2.97. The largest absolute Gasteiger partial charge is 0.367 e. The molecule has 0 amide bonds. The predicted molar refractivity (Wildman–Crippen MR) is 92.6 cm³/mol. The molecule has 0 unspecified atom stereocenters. The molecule has 0 saturated carbocycles. The number of rotatable bonds is 3. The molecule has 0 radical (unpaired) electrons. The number of H-pyrrole nitrogens is 1. The summed E-state index contributed by atoms with van der Waals surface area (Å²) in [6, 6.07) is 12.2. The molecule has 0 fully saturated rings. The number of hydrogen-bond acceptors (Lipinski definition) is 2. The van der Waals surface area contributed by atoms with E-state index >= 15 is 0 Å². The Morgan fingerprint density at radius 2 is 1.87 bits per heavy atom. The minimum Gasteiger partial charge on any atom is -0.367 e. The van der Waals surface area contributed by atoms with Crippen molar-refractivity contribution in [1.29, 1.82) is 0 Å². The molecule has 3 heteroatoms. The van der Waals surface area contributed by atoms with E-state index in [1.807, 2.05) is 48.8 Å². The first kappa shape index (κ1) is 13.8. The topological polar surface area (TPSA) is 41.8 Å². The zero-order valence-corrected chi connectivity index (χ0v) is 13.2. The van der Waals surface area contributed by atoms with Crippen LogP contribution in [0.1, 0.15) is 19.5 Å². The van der Waals surface area contributed by atoms with Crippen LogP contribution in [0, 0.1) is 5.41 Å². The van der Waals surface area contributed by atoms with Gasteiger partial charge >= 0.3 is 0 Å². The quantitative estimate of drug-likeness (QED) is 0.711. The first-order valence-corrected chi connectivity index (χ1v) is 7.75. The number of benzene rings is 1. The molecule has 1 aliphatic rings. The Morgan fingerprint density at radius 1 is 1.04 bits per heavy atom. The van der Waals surface area contributed by atoms with Gasteiger partial charge in [0.25, 0.3) is 0 Å². The van der Waals surface area contributed by atoms with E-state index in [-0.39, 0.29) is 5.41 Å². The predicted octanol–water partition coefficient (Wildman–Crippen LogP) is 5.32. The lowest BCUT2D eigenvalue weighted by Crippen LogP contribution is -1.98. The van der Waals surface area contributed by atoms with Gasteiger partial charge in [-0.3, -0.25) is 0 Å². The number of aromatic amines is 1. The van der Waals surface area contributed by atoms with Crippen molar-refractivity contribution in [2.45, 2.75) is 13.8 Å². The maximum absolute atomic E-state index is 5.75.